The van der Waals surface area contributed by atoms with Gasteiger partial charge in [-0.05, 0) is 70.1 Å². The number of carbonyl (C=O) groups excluding carboxylic acids is 3. The third-order valence-electron chi connectivity index (χ3n) is 5.50. The fourth-order valence-corrected chi connectivity index (χ4v) is 4.90. The summed E-state index contributed by atoms with van der Waals surface area (Å²) in [6, 6.07) is 27.5. The summed E-state index contributed by atoms with van der Waals surface area (Å²) in [5, 5.41) is 1.45. The van der Waals surface area contributed by atoms with E-state index in [0.29, 0.717) is 21.8 Å². The summed E-state index contributed by atoms with van der Waals surface area (Å²) in [6.45, 7) is 0.206. The Hall–Kier alpha value is -3.68. The Morgan fingerprint density at radius 1 is 0.914 bits per heavy atom. The molecule has 35 heavy (non-hydrogen) atoms. The van der Waals surface area contributed by atoms with Crippen molar-refractivity contribution < 1.29 is 19.1 Å². The summed E-state index contributed by atoms with van der Waals surface area (Å²) in [5.74, 6) is -0.458. The van der Waals surface area contributed by atoms with Crippen LogP contribution in [0, 0.1) is 0 Å². The molecule has 172 valence electrons. The molecule has 0 saturated carbocycles. The van der Waals surface area contributed by atoms with Crippen molar-refractivity contribution in [2.45, 2.75) is 6.54 Å². The van der Waals surface area contributed by atoms with Crippen LogP contribution in [0.15, 0.2) is 100 Å². The van der Waals surface area contributed by atoms with E-state index in [1.807, 2.05) is 60.7 Å². The average molecular weight is 544 g/mol. The maximum Gasteiger partial charge on any atom is 0.344 e. The maximum absolute atomic E-state index is 12.9. The molecule has 0 aliphatic carbocycles. The van der Waals surface area contributed by atoms with Crippen molar-refractivity contribution in [3.63, 3.8) is 0 Å². The second-order valence-electron chi connectivity index (χ2n) is 7.88. The number of carbonyl (C=O) groups is 3. The van der Waals surface area contributed by atoms with Crippen LogP contribution >= 0.6 is 27.7 Å². The molecular weight excluding hydrogens is 526 g/mol. The smallest absolute Gasteiger partial charge is 0.344 e. The van der Waals surface area contributed by atoms with Gasteiger partial charge in [0.2, 0.25) is 0 Å². The number of benzene rings is 4. The van der Waals surface area contributed by atoms with E-state index in [-0.39, 0.29) is 17.7 Å². The van der Waals surface area contributed by atoms with Crippen LogP contribution in [0.5, 0.6) is 5.75 Å². The first-order valence-electron chi connectivity index (χ1n) is 10.8. The van der Waals surface area contributed by atoms with E-state index in [9.17, 15) is 14.4 Å². The normalized spacial score (nSPS) is 14.7. The number of hydrogen-bond donors (Lipinski definition) is 0. The number of esters is 1. The van der Waals surface area contributed by atoms with Gasteiger partial charge < -0.3 is 4.74 Å². The van der Waals surface area contributed by atoms with Gasteiger partial charge in [0.15, 0.2) is 0 Å². The van der Waals surface area contributed by atoms with Crippen LogP contribution in [0.2, 0.25) is 0 Å². The number of amides is 2. The summed E-state index contributed by atoms with van der Waals surface area (Å²) >= 11 is 4.28. The van der Waals surface area contributed by atoms with E-state index < -0.39 is 5.97 Å². The van der Waals surface area contributed by atoms with Gasteiger partial charge in [0.05, 0.1) is 17.0 Å². The quantitative estimate of drug-likeness (QED) is 0.153. The van der Waals surface area contributed by atoms with Crippen LogP contribution in [-0.4, -0.2) is 22.0 Å². The SMILES string of the molecule is O=C(Oc1cccc(/C=C2\SC(=O)N(Cc3ccc(Br)cc3)C2=O)c1)c1cccc2ccccc12. The zero-order valence-electron chi connectivity index (χ0n) is 18.3. The third-order valence-corrected chi connectivity index (χ3v) is 6.94. The Balaban J connectivity index is 1.33. The molecule has 0 atom stereocenters. The van der Waals surface area contributed by atoms with E-state index >= 15 is 0 Å². The maximum atomic E-state index is 12.9. The minimum Gasteiger partial charge on any atom is -0.423 e. The second kappa shape index (κ2) is 9.90. The van der Waals surface area contributed by atoms with E-state index in [1.165, 1.54) is 4.90 Å². The van der Waals surface area contributed by atoms with Crippen molar-refractivity contribution >= 4 is 61.7 Å². The van der Waals surface area contributed by atoms with Gasteiger partial charge in [-0.1, -0.05) is 76.6 Å². The Morgan fingerprint density at radius 3 is 2.49 bits per heavy atom. The van der Waals surface area contributed by atoms with Gasteiger partial charge in [-0.25, -0.2) is 4.79 Å². The molecule has 0 aromatic heterocycles. The molecule has 1 saturated heterocycles. The van der Waals surface area contributed by atoms with Crippen molar-refractivity contribution in [3.8, 4) is 5.75 Å². The molecule has 0 radical (unpaired) electrons. The number of hydrogen-bond acceptors (Lipinski definition) is 5. The molecule has 1 heterocycles. The molecule has 0 unspecified atom stereocenters. The molecular formula is C28H18BrNO4S. The molecule has 1 aliphatic rings. The minimum atomic E-state index is -0.464. The molecule has 4 aromatic rings. The number of rotatable bonds is 5. The van der Waals surface area contributed by atoms with Crippen molar-refractivity contribution in [3.05, 3.63) is 117 Å². The molecule has 5 rings (SSSR count). The zero-order valence-corrected chi connectivity index (χ0v) is 20.7. The van der Waals surface area contributed by atoms with E-state index in [4.69, 9.17) is 4.74 Å². The first kappa shape index (κ1) is 23.1. The first-order chi connectivity index (χ1) is 17.0. The highest BCUT2D eigenvalue weighted by atomic mass is 79.9. The highest BCUT2D eigenvalue weighted by Gasteiger charge is 2.35. The van der Waals surface area contributed by atoms with Crippen LogP contribution in [0.25, 0.3) is 16.8 Å². The number of fused-ring (bicyclic) bond motifs is 1. The summed E-state index contributed by atoms with van der Waals surface area (Å²) in [5.41, 5.74) is 1.99. The fraction of sp³-hybridized carbons (Fsp3) is 0.0357. The van der Waals surface area contributed by atoms with Gasteiger partial charge in [0.1, 0.15) is 5.75 Å². The molecule has 0 spiro atoms. The Kier molecular flexibility index (Phi) is 6.53. The number of halogens is 1. The summed E-state index contributed by atoms with van der Waals surface area (Å²) in [7, 11) is 0. The lowest BCUT2D eigenvalue weighted by Gasteiger charge is -2.12. The number of nitrogens with zero attached hydrogens (tertiary/aromatic N) is 1. The van der Waals surface area contributed by atoms with Gasteiger partial charge in [0.25, 0.3) is 11.1 Å². The standard InChI is InChI=1S/C28H18BrNO4S/c29-21-13-11-18(12-14-21)17-30-26(31)25(35-28(30)33)16-19-5-3-8-22(15-19)34-27(32)24-10-4-7-20-6-1-2-9-23(20)24/h1-16H,17H2/b25-16-. The van der Waals surface area contributed by atoms with Crippen molar-refractivity contribution in [1.29, 1.82) is 0 Å². The fourth-order valence-electron chi connectivity index (χ4n) is 3.79. The zero-order chi connectivity index (χ0) is 24.4. The molecule has 0 N–H and O–H groups in total. The van der Waals surface area contributed by atoms with E-state index in [0.717, 1.165) is 32.6 Å². The lowest BCUT2D eigenvalue weighted by atomic mass is 10.0. The molecule has 4 aromatic carbocycles. The van der Waals surface area contributed by atoms with Crippen LogP contribution in [0.1, 0.15) is 21.5 Å². The van der Waals surface area contributed by atoms with Gasteiger partial charge in [-0.3, -0.25) is 14.5 Å². The van der Waals surface area contributed by atoms with Gasteiger partial charge in [-0.2, -0.15) is 0 Å². The molecule has 7 heteroatoms. The lowest BCUT2D eigenvalue weighted by Crippen LogP contribution is -2.27. The van der Waals surface area contributed by atoms with Gasteiger partial charge in [0, 0.05) is 4.47 Å². The molecule has 1 aliphatic heterocycles. The third kappa shape index (κ3) is 5.06. The van der Waals surface area contributed by atoms with Gasteiger partial charge >= 0.3 is 5.97 Å². The van der Waals surface area contributed by atoms with Crippen molar-refractivity contribution in [2.24, 2.45) is 0 Å². The predicted octanol–water partition coefficient (Wildman–Crippen LogP) is 7.06. The molecule has 5 nitrogen and oxygen atoms in total. The first-order valence-corrected chi connectivity index (χ1v) is 12.4. The number of thioether (sulfide) groups is 1. The highest BCUT2D eigenvalue weighted by molar-refractivity contribution is 9.10. The Morgan fingerprint density at radius 2 is 1.66 bits per heavy atom. The van der Waals surface area contributed by atoms with E-state index in [1.54, 1.807) is 36.4 Å². The van der Waals surface area contributed by atoms with Crippen molar-refractivity contribution in [2.75, 3.05) is 0 Å². The second-order valence-corrected chi connectivity index (χ2v) is 9.79. The minimum absolute atomic E-state index is 0.206. The highest BCUT2D eigenvalue weighted by Crippen LogP contribution is 2.34. The van der Waals surface area contributed by atoms with Crippen LogP contribution in [0.3, 0.4) is 0 Å². The predicted molar refractivity (Wildman–Crippen MR) is 141 cm³/mol. The lowest BCUT2D eigenvalue weighted by molar-refractivity contribution is -0.123. The molecule has 1 fully saturated rings. The number of ether oxygens (including phenoxy) is 1. The summed E-state index contributed by atoms with van der Waals surface area (Å²) < 4.78 is 6.56. The monoisotopic (exact) mass is 543 g/mol. The topological polar surface area (TPSA) is 63.7 Å². The largest absolute Gasteiger partial charge is 0.423 e. The Bertz CT molecular complexity index is 1490. The van der Waals surface area contributed by atoms with Gasteiger partial charge in [-0.15, -0.1) is 0 Å². The van der Waals surface area contributed by atoms with Crippen LogP contribution in [-0.2, 0) is 11.3 Å². The molecule has 0 bridgehead atoms. The molecule has 2 amide bonds. The summed E-state index contributed by atoms with van der Waals surface area (Å²) in [6.07, 6.45) is 1.64. The van der Waals surface area contributed by atoms with E-state index in [2.05, 4.69) is 15.9 Å². The number of imide groups is 1. The van der Waals surface area contributed by atoms with Crippen molar-refractivity contribution in [1.82, 2.24) is 4.90 Å². The summed E-state index contributed by atoms with van der Waals surface area (Å²) in [4.78, 5) is 39.8. The average Bonchev–Trinajstić information content (AvgIpc) is 3.12. The Labute approximate surface area is 214 Å². The van der Waals surface area contributed by atoms with Crippen LogP contribution < -0.4 is 4.74 Å². The van der Waals surface area contributed by atoms with Crippen LogP contribution in [0.4, 0.5) is 4.79 Å².